The van der Waals surface area contributed by atoms with Gasteiger partial charge in [-0.05, 0) is 14.0 Å². The number of nitrogens with zero attached hydrogens (tertiary/aromatic N) is 2. The minimum atomic E-state index is 0.337. The topological polar surface area (TPSA) is 62.8 Å². The summed E-state index contributed by atoms with van der Waals surface area (Å²) >= 11 is 1.62. The van der Waals surface area contributed by atoms with Crippen LogP contribution < -0.4 is 5.32 Å². The molecule has 0 saturated heterocycles. The molecule has 0 amide bonds. The van der Waals surface area contributed by atoms with Gasteiger partial charge in [0.25, 0.3) is 0 Å². The number of hydrogen-bond donors (Lipinski definition) is 2. The monoisotopic (exact) mass is 216 g/mol. The van der Waals surface area contributed by atoms with Gasteiger partial charge in [-0.1, -0.05) is 11.8 Å². The molecule has 2 N–H and O–H groups in total. The highest BCUT2D eigenvalue weighted by Gasteiger charge is 2.08. The Hall–Kier alpha value is -0.590. The van der Waals surface area contributed by atoms with Gasteiger partial charge in [-0.3, -0.25) is 5.10 Å². The van der Waals surface area contributed by atoms with Crippen LogP contribution in [-0.4, -0.2) is 47.7 Å². The number of rotatable bonds is 6. The van der Waals surface area contributed by atoms with E-state index in [2.05, 4.69) is 20.5 Å². The van der Waals surface area contributed by atoms with Crippen molar-refractivity contribution in [2.24, 2.45) is 0 Å². The van der Waals surface area contributed by atoms with Crippen molar-refractivity contribution < 1.29 is 4.74 Å². The maximum Gasteiger partial charge on any atom is 0.208 e. The number of aromatic nitrogens is 3. The van der Waals surface area contributed by atoms with Crippen molar-refractivity contribution >= 4 is 11.8 Å². The molecule has 0 aromatic carbocycles. The van der Waals surface area contributed by atoms with Crippen LogP contribution in [0, 0.1) is 6.92 Å². The normalized spacial score (nSPS) is 13.1. The lowest BCUT2D eigenvalue weighted by atomic mass is 10.4. The van der Waals surface area contributed by atoms with Crippen LogP contribution in [0.4, 0.5) is 0 Å². The molecule has 6 heteroatoms. The maximum absolute atomic E-state index is 5.06. The summed E-state index contributed by atoms with van der Waals surface area (Å²) in [4.78, 5) is 4.20. The van der Waals surface area contributed by atoms with E-state index in [4.69, 9.17) is 4.74 Å². The third kappa shape index (κ3) is 3.65. The molecule has 5 nitrogen and oxygen atoms in total. The fourth-order valence-corrected chi connectivity index (χ4v) is 1.90. The number of hydrogen-bond acceptors (Lipinski definition) is 5. The molecule has 1 rings (SSSR count). The van der Waals surface area contributed by atoms with Crippen LogP contribution in [0.25, 0.3) is 0 Å². The van der Waals surface area contributed by atoms with E-state index >= 15 is 0 Å². The summed E-state index contributed by atoms with van der Waals surface area (Å²) in [6.07, 6.45) is 0. The van der Waals surface area contributed by atoms with E-state index in [0.29, 0.717) is 12.6 Å². The smallest absolute Gasteiger partial charge is 0.208 e. The summed E-state index contributed by atoms with van der Waals surface area (Å²) in [5.41, 5.74) is 0. The summed E-state index contributed by atoms with van der Waals surface area (Å²) in [6, 6.07) is 0.337. The van der Waals surface area contributed by atoms with E-state index in [1.54, 1.807) is 18.9 Å². The lowest BCUT2D eigenvalue weighted by molar-refractivity contribution is 0.177. The van der Waals surface area contributed by atoms with Crippen LogP contribution in [0.1, 0.15) is 5.82 Å². The minimum absolute atomic E-state index is 0.337. The van der Waals surface area contributed by atoms with E-state index in [1.165, 1.54) is 0 Å². The van der Waals surface area contributed by atoms with Crippen LogP contribution >= 0.6 is 11.8 Å². The number of thioether (sulfide) groups is 1. The van der Waals surface area contributed by atoms with Crippen LogP contribution in [0.2, 0.25) is 0 Å². The number of likely N-dealkylation sites (N-methyl/N-ethyl adjacent to an activating group) is 1. The van der Waals surface area contributed by atoms with Crippen molar-refractivity contribution in [3.63, 3.8) is 0 Å². The summed E-state index contributed by atoms with van der Waals surface area (Å²) in [6.45, 7) is 2.59. The molecule has 0 radical (unpaired) electrons. The number of H-pyrrole nitrogens is 1. The Bertz CT molecular complexity index is 266. The van der Waals surface area contributed by atoms with Gasteiger partial charge in [0.05, 0.1) is 6.61 Å². The first-order chi connectivity index (χ1) is 6.76. The Morgan fingerprint density at radius 3 is 2.93 bits per heavy atom. The number of nitrogens with one attached hydrogen (secondary N) is 2. The lowest BCUT2D eigenvalue weighted by Gasteiger charge is -2.12. The first-order valence-corrected chi connectivity index (χ1v) is 5.42. The molecule has 1 atom stereocenters. The fourth-order valence-electron chi connectivity index (χ4n) is 0.978. The van der Waals surface area contributed by atoms with Crippen LogP contribution in [0.3, 0.4) is 0 Å². The zero-order valence-corrected chi connectivity index (χ0v) is 9.52. The number of aromatic amines is 1. The minimum Gasteiger partial charge on any atom is -0.383 e. The fraction of sp³-hybridized carbons (Fsp3) is 0.750. The Kier molecular flexibility index (Phi) is 4.92. The molecule has 0 fully saturated rings. The molecule has 0 bridgehead atoms. The highest BCUT2D eigenvalue weighted by molar-refractivity contribution is 7.99. The van der Waals surface area contributed by atoms with Gasteiger partial charge in [0, 0.05) is 18.9 Å². The summed E-state index contributed by atoms with van der Waals surface area (Å²) in [5.74, 6) is 1.75. The molecule has 1 heterocycles. The van der Waals surface area contributed by atoms with E-state index in [1.807, 2.05) is 14.0 Å². The molecule has 1 aromatic rings. The predicted molar refractivity (Wildman–Crippen MR) is 56.6 cm³/mol. The van der Waals surface area contributed by atoms with Gasteiger partial charge in [-0.25, -0.2) is 4.98 Å². The SMILES string of the molecule is CNC(COC)CSc1n[nH]c(C)n1. The molecule has 0 saturated carbocycles. The molecule has 1 unspecified atom stereocenters. The van der Waals surface area contributed by atoms with Crippen LogP contribution in [0.15, 0.2) is 5.16 Å². The largest absolute Gasteiger partial charge is 0.383 e. The molecular weight excluding hydrogens is 200 g/mol. The van der Waals surface area contributed by atoms with E-state index in [9.17, 15) is 0 Å². The summed E-state index contributed by atoms with van der Waals surface area (Å²) in [5, 5.41) is 10.8. The van der Waals surface area contributed by atoms with Crippen molar-refractivity contribution in [2.45, 2.75) is 18.1 Å². The molecule has 14 heavy (non-hydrogen) atoms. The average Bonchev–Trinajstić information content (AvgIpc) is 2.59. The number of aryl methyl sites for hydroxylation is 1. The third-order valence-electron chi connectivity index (χ3n) is 1.77. The Labute approximate surface area is 88.0 Å². The quantitative estimate of drug-likeness (QED) is 0.676. The first kappa shape index (κ1) is 11.5. The van der Waals surface area contributed by atoms with Gasteiger partial charge in [0.1, 0.15) is 5.82 Å². The number of ether oxygens (including phenoxy) is 1. The summed E-state index contributed by atoms with van der Waals surface area (Å²) in [7, 11) is 3.62. The van der Waals surface area contributed by atoms with Gasteiger partial charge >= 0.3 is 0 Å². The highest BCUT2D eigenvalue weighted by atomic mass is 32.2. The van der Waals surface area contributed by atoms with E-state index in [-0.39, 0.29) is 0 Å². The number of methoxy groups -OCH3 is 1. The molecular formula is C8H16N4OS. The van der Waals surface area contributed by atoms with Crippen molar-refractivity contribution in [1.82, 2.24) is 20.5 Å². The second kappa shape index (κ2) is 6.00. The Morgan fingerprint density at radius 1 is 1.64 bits per heavy atom. The van der Waals surface area contributed by atoms with Crippen molar-refractivity contribution in [3.8, 4) is 0 Å². The zero-order valence-electron chi connectivity index (χ0n) is 8.70. The van der Waals surface area contributed by atoms with Crippen molar-refractivity contribution in [3.05, 3.63) is 5.82 Å². The third-order valence-corrected chi connectivity index (χ3v) is 2.78. The van der Waals surface area contributed by atoms with Gasteiger partial charge in [-0.15, -0.1) is 5.10 Å². The standard InChI is InChI=1S/C8H16N4OS/c1-6-10-8(12-11-6)14-5-7(9-2)4-13-3/h7,9H,4-5H2,1-3H3,(H,10,11,12). The maximum atomic E-state index is 5.06. The molecule has 0 aliphatic heterocycles. The predicted octanol–water partition coefficient (Wildman–Crippen LogP) is 0.440. The van der Waals surface area contributed by atoms with Gasteiger partial charge in [0.15, 0.2) is 0 Å². The van der Waals surface area contributed by atoms with Crippen molar-refractivity contribution in [2.75, 3.05) is 26.5 Å². The molecule has 80 valence electrons. The van der Waals surface area contributed by atoms with Crippen molar-refractivity contribution in [1.29, 1.82) is 0 Å². The second-order valence-corrected chi connectivity index (χ2v) is 3.94. The Morgan fingerprint density at radius 2 is 2.43 bits per heavy atom. The van der Waals surface area contributed by atoms with E-state index < -0.39 is 0 Å². The molecule has 0 spiro atoms. The van der Waals surface area contributed by atoms with Crippen LogP contribution in [0.5, 0.6) is 0 Å². The average molecular weight is 216 g/mol. The lowest BCUT2D eigenvalue weighted by Crippen LogP contribution is -2.32. The molecule has 0 aliphatic rings. The van der Waals surface area contributed by atoms with Crippen LogP contribution in [-0.2, 0) is 4.74 Å². The molecule has 0 aliphatic carbocycles. The second-order valence-electron chi connectivity index (χ2n) is 2.96. The van der Waals surface area contributed by atoms with Gasteiger partial charge in [-0.2, -0.15) is 0 Å². The highest BCUT2D eigenvalue weighted by Crippen LogP contribution is 2.13. The van der Waals surface area contributed by atoms with Gasteiger partial charge in [0.2, 0.25) is 5.16 Å². The Balaban J connectivity index is 2.31. The van der Waals surface area contributed by atoms with E-state index in [0.717, 1.165) is 16.7 Å². The summed E-state index contributed by atoms with van der Waals surface area (Å²) < 4.78 is 5.06. The van der Waals surface area contributed by atoms with Gasteiger partial charge < -0.3 is 10.1 Å². The first-order valence-electron chi connectivity index (χ1n) is 4.44. The zero-order chi connectivity index (χ0) is 10.4. The molecule has 1 aromatic heterocycles.